The SMILES string of the molecule is COc1ccc2c(c1)sc(=NC(=O)C(c1ccccc1)c1ccccc1)n2CCSC. The number of rotatable bonds is 7. The Hall–Kier alpha value is -2.83. The first-order valence-electron chi connectivity index (χ1n) is 10.1. The van der Waals surface area contributed by atoms with Gasteiger partial charge in [-0.05, 0) is 35.6 Å². The van der Waals surface area contributed by atoms with Gasteiger partial charge in [0, 0.05) is 12.3 Å². The zero-order valence-corrected chi connectivity index (χ0v) is 19.2. The predicted molar refractivity (Wildman–Crippen MR) is 130 cm³/mol. The van der Waals surface area contributed by atoms with Gasteiger partial charge in [0.15, 0.2) is 4.80 Å². The lowest BCUT2D eigenvalue weighted by Gasteiger charge is -2.14. The molecule has 4 rings (SSSR count). The third-order valence-corrected chi connectivity index (χ3v) is 6.76. The fourth-order valence-corrected chi connectivity index (χ4v) is 5.05. The van der Waals surface area contributed by atoms with Crippen molar-refractivity contribution in [1.29, 1.82) is 0 Å². The number of nitrogens with zero attached hydrogens (tertiary/aromatic N) is 2. The van der Waals surface area contributed by atoms with Gasteiger partial charge >= 0.3 is 0 Å². The van der Waals surface area contributed by atoms with Crippen molar-refractivity contribution in [3.63, 3.8) is 0 Å². The van der Waals surface area contributed by atoms with Crippen molar-refractivity contribution in [2.75, 3.05) is 19.1 Å². The van der Waals surface area contributed by atoms with Crippen LogP contribution in [-0.4, -0.2) is 29.6 Å². The highest BCUT2D eigenvalue weighted by Crippen LogP contribution is 2.27. The van der Waals surface area contributed by atoms with E-state index < -0.39 is 5.92 Å². The zero-order valence-electron chi connectivity index (χ0n) is 17.5. The summed E-state index contributed by atoms with van der Waals surface area (Å²) < 4.78 is 8.58. The summed E-state index contributed by atoms with van der Waals surface area (Å²) in [5.41, 5.74) is 2.96. The van der Waals surface area contributed by atoms with Crippen LogP contribution in [0.4, 0.5) is 0 Å². The van der Waals surface area contributed by atoms with E-state index in [-0.39, 0.29) is 5.91 Å². The number of amides is 1. The van der Waals surface area contributed by atoms with E-state index in [4.69, 9.17) is 4.74 Å². The van der Waals surface area contributed by atoms with Crippen molar-refractivity contribution in [3.8, 4) is 5.75 Å². The second-order valence-corrected chi connectivity index (χ2v) is 9.06. The van der Waals surface area contributed by atoms with Gasteiger partial charge in [-0.3, -0.25) is 4.79 Å². The number of carbonyl (C=O) groups is 1. The van der Waals surface area contributed by atoms with Gasteiger partial charge in [0.1, 0.15) is 5.75 Å². The topological polar surface area (TPSA) is 43.6 Å². The Morgan fingerprint density at radius 2 is 1.68 bits per heavy atom. The maximum Gasteiger partial charge on any atom is 0.260 e. The number of hydrogen-bond donors (Lipinski definition) is 0. The fourth-order valence-electron chi connectivity index (χ4n) is 3.59. The zero-order chi connectivity index (χ0) is 21.6. The molecule has 0 fully saturated rings. The summed E-state index contributed by atoms with van der Waals surface area (Å²) in [7, 11) is 1.66. The summed E-state index contributed by atoms with van der Waals surface area (Å²) in [4.78, 5) is 18.9. The molecule has 0 atom stereocenters. The molecule has 4 aromatic rings. The maximum absolute atomic E-state index is 13.5. The Morgan fingerprint density at radius 3 is 2.26 bits per heavy atom. The third kappa shape index (κ3) is 4.75. The second kappa shape index (κ2) is 9.98. The minimum Gasteiger partial charge on any atom is -0.497 e. The highest BCUT2D eigenvalue weighted by atomic mass is 32.2. The minimum absolute atomic E-state index is 0.158. The molecule has 0 aliphatic rings. The van der Waals surface area contributed by atoms with Gasteiger partial charge in [-0.25, -0.2) is 0 Å². The van der Waals surface area contributed by atoms with E-state index in [9.17, 15) is 4.79 Å². The summed E-state index contributed by atoms with van der Waals surface area (Å²) in [6.45, 7) is 0.793. The van der Waals surface area contributed by atoms with E-state index in [0.29, 0.717) is 0 Å². The molecular formula is C25H24N2O2S2. The van der Waals surface area contributed by atoms with Crippen molar-refractivity contribution >= 4 is 39.2 Å². The number of aromatic nitrogens is 1. The van der Waals surface area contributed by atoms with Crippen LogP contribution in [0.5, 0.6) is 5.75 Å². The quantitative estimate of drug-likeness (QED) is 0.384. The van der Waals surface area contributed by atoms with Gasteiger partial charge in [0.05, 0.1) is 23.2 Å². The van der Waals surface area contributed by atoms with E-state index in [0.717, 1.165) is 44.2 Å². The monoisotopic (exact) mass is 448 g/mol. The number of fused-ring (bicyclic) bond motifs is 1. The standard InChI is InChI=1S/C25H24N2O2S2/c1-29-20-13-14-21-22(17-20)31-25(27(21)15-16-30-2)26-24(28)23(18-9-5-3-6-10-18)19-11-7-4-8-12-19/h3-14,17,23H,15-16H2,1-2H3. The van der Waals surface area contributed by atoms with Crippen LogP contribution in [0.25, 0.3) is 10.2 Å². The van der Waals surface area contributed by atoms with E-state index in [1.54, 1.807) is 18.9 Å². The van der Waals surface area contributed by atoms with Crippen LogP contribution in [0.1, 0.15) is 17.0 Å². The Balaban J connectivity index is 1.84. The highest BCUT2D eigenvalue weighted by molar-refractivity contribution is 7.98. The first-order chi connectivity index (χ1) is 15.2. The lowest BCUT2D eigenvalue weighted by molar-refractivity contribution is -0.118. The molecule has 0 unspecified atom stereocenters. The molecule has 0 saturated carbocycles. The average molecular weight is 449 g/mol. The smallest absolute Gasteiger partial charge is 0.260 e. The molecule has 31 heavy (non-hydrogen) atoms. The number of carbonyl (C=O) groups excluding carboxylic acids is 1. The van der Waals surface area contributed by atoms with Crippen molar-refractivity contribution in [2.24, 2.45) is 4.99 Å². The van der Waals surface area contributed by atoms with E-state index >= 15 is 0 Å². The van der Waals surface area contributed by atoms with Crippen molar-refractivity contribution < 1.29 is 9.53 Å². The molecule has 1 heterocycles. The summed E-state index contributed by atoms with van der Waals surface area (Å²) in [6, 6.07) is 25.7. The van der Waals surface area contributed by atoms with Gasteiger partial charge < -0.3 is 9.30 Å². The average Bonchev–Trinajstić information content (AvgIpc) is 3.15. The lowest BCUT2D eigenvalue weighted by Crippen LogP contribution is -2.21. The molecule has 0 saturated heterocycles. The molecule has 0 aliphatic carbocycles. The molecular weight excluding hydrogens is 424 g/mol. The van der Waals surface area contributed by atoms with Crippen LogP contribution in [-0.2, 0) is 11.3 Å². The first kappa shape index (κ1) is 21.4. The third-order valence-electron chi connectivity index (χ3n) is 5.13. The molecule has 6 heteroatoms. The molecule has 0 radical (unpaired) electrons. The summed E-state index contributed by atoms with van der Waals surface area (Å²) in [5.74, 6) is 1.15. The number of thiazole rings is 1. The first-order valence-corrected chi connectivity index (χ1v) is 12.3. The second-order valence-electron chi connectivity index (χ2n) is 7.07. The number of aryl methyl sites for hydroxylation is 1. The molecule has 3 aromatic carbocycles. The number of thioether (sulfide) groups is 1. The Bertz CT molecular complexity index is 1190. The minimum atomic E-state index is -0.434. The molecule has 0 aliphatic heterocycles. The molecule has 0 bridgehead atoms. The van der Waals surface area contributed by atoms with Crippen molar-refractivity contribution in [2.45, 2.75) is 12.5 Å². The number of ether oxygens (including phenoxy) is 1. The fraction of sp³-hybridized carbons (Fsp3) is 0.200. The molecule has 0 N–H and O–H groups in total. The van der Waals surface area contributed by atoms with Gasteiger partial charge in [0.2, 0.25) is 0 Å². The largest absolute Gasteiger partial charge is 0.497 e. The van der Waals surface area contributed by atoms with Gasteiger partial charge in [-0.1, -0.05) is 72.0 Å². The molecule has 0 spiro atoms. The highest BCUT2D eigenvalue weighted by Gasteiger charge is 2.22. The maximum atomic E-state index is 13.5. The van der Waals surface area contributed by atoms with E-state index in [1.807, 2.05) is 78.9 Å². The summed E-state index contributed by atoms with van der Waals surface area (Å²) in [5, 5.41) is 0. The van der Waals surface area contributed by atoms with E-state index in [1.165, 1.54) is 11.3 Å². The van der Waals surface area contributed by atoms with Crippen LogP contribution < -0.4 is 9.54 Å². The predicted octanol–water partition coefficient (Wildman–Crippen LogP) is 5.33. The number of hydrogen-bond acceptors (Lipinski definition) is 4. The summed E-state index contributed by atoms with van der Waals surface area (Å²) >= 11 is 3.30. The number of methoxy groups -OCH3 is 1. The Kier molecular flexibility index (Phi) is 6.89. The Morgan fingerprint density at radius 1 is 1.03 bits per heavy atom. The molecule has 1 aromatic heterocycles. The van der Waals surface area contributed by atoms with Crippen LogP contribution in [0, 0.1) is 0 Å². The van der Waals surface area contributed by atoms with Crippen LogP contribution in [0.2, 0.25) is 0 Å². The molecule has 1 amide bonds. The van der Waals surface area contributed by atoms with Gasteiger partial charge in [-0.15, -0.1) is 0 Å². The van der Waals surface area contributed by atoms with Gasteiger partial charge in [-0.2, -0.15) is 16.8 Å². The molecule has 158 valence electrons. The van der Waals surface area contributed by atoms with E-state index in [2.05, 4.69) is 15.8 Å². The van der Waals surface area contributed by atoms with Crippen LogP contribution in [0.3, 0.4) is 0 Å². The Labute approximate surface area is 190 Å². The normalized spacial score (nSPS) is 11.9. The van der Waals surface area contributed by atoms with Crippen molar-refractivity contribution in [3.05, 3.63) is 94.8 Å². The van der Waals surface area contributed by atoms with Crippen molar-refractivity contribution in [1.82, 2.24) is 4.57 Å². The van der Waals surface area contributed by atoms with Crippen LogP contribution >= 0.6 is 23.1 Å². The van der Waals surface area contributed by atoms with Crippen LogP contribution in [0.15, 0.2) is 83.9 Å². The van der Waals surface area contributed by atoms with Gasteiger partial charge in [0.25, 0.3) is 5.91 Å². The number of benzene rings is 3. The lowest BCUT2D eigenvalue weighted by atomic mass is 9.91. The summed E-state index contributed by atoms with van der Waals surface area (Å²) in [6.07, 6.45) is 2.08. The molecule has 4 nitrogen and oxygen atoms in total.